The summed E-state index contributed by atoms with van der Waals surface area (Å²) in [5, 5.41) is 4.29. The van der Waals surface area contributed by atoms with E-state index in [9.17, 15) is 4.39 Å². The van der Waals surface area contributed by atoms with Gasteiger partial charge in [0.1, 0.15) is 5.82 Å². The molecule has 24 heavy (non-hydrogen) atoms. The summed E-state index contributed by atoms with van der Waals surface area (Å²) in [6, 6.07) is 15.8. The Hall–Kier alpha value is -3.34. The predicted octanol–water partition coefficient (Wildman–Crippen LogP) is 4.57. The molecule has 116 valence electrons. The normalized spacial score (nSPS) is 10.7. The summed E-state index contributed by atoms with van der Waals surface area (Å²) in [6.07, 6.45) is 5.16. The minimum absolute atomic E-state index is 0.271. The molecule has 3 aromatic heterocycles. The highest BCUT2D eigenvalue weighted by Crippen LogP contribution is 2.29. The predicted molar refractivity (Wildman–Crippen MR) is 92.5 cm³/mol. The molecular weight excluding hydrogens is 303 g/mol. The highest BCUT2D eigenvalue weighted by Gasteiger charge is 2.09. The Bertz CT molecular complexity index is 985. The lowest BCUT2D eigenvalue weighted by Gasteiger charge is -2.11. The van der Waals surface area contributed by atoms with Gasteiger partial charge in [-0.1, -0.05) is 0 Å². The van der Waals surface area contributed by atoms with Gasteiger partial charge in [0.15, 0.2) is 5.65 Å². The van der Waals surface area contributed by atoms with Crippen LogP contribution in [-0.2, 0) is 0 Å². The van der Waals surface area contributed by atoms with Crippen molar-refractivity contribution in [3.8, 4) is 11.3 Å². The number of halogens is 1. The summed E-state index contributed by atoms with van der Waals surface area (Å²) >= 11 is 0. The van der Waals surface area contributed by atoms with Crippen molar-refractivity contribution in [1.82, 2.24) is 15.0 Å². The van der Waals surface area contributed by atoms with Crippen LogP contribution >= 0.6 is 0 Å². The van der Waals surface area contributed by atoms with E-state index in [1.165, 1.54) is 12.1 Å². The van der Waals surface area contributed by atoms with Crippen LogP contribution in [-0.4, -0.2) is 15.0 Å². The molecule has 0 atom stereocenters. The van der Waals surface area contributed by atoms with Gasteiger partial charge in [-0.25, -0.2) is 14.4 Å². The second kappa shape index (κ2) is 6.04. The molecule has 4 nitrogen and oxygen atoms in total. The minimum Gasteiger partial charge on any atom is -0.355 e. The Morgan fingerprint density at radius 2 is 1.67 bits per heavy atom. The molecule has 4 rings (SSSR count). The number of nitrogens with zero attached hydrogens (tertiary/aromatic N) is 3. The van der Waals surface area contributed by atoms with Crippen molar-refractivity contribution in [3.63, 3.8) is 0 Å². The van der Waals surface area contributed by atoms with Crippen molar-refractivity contribution >= 4 is 22.4 Å². The first-order valence-corrected chi connectivity index (χ1v) is 7.48. The van der Waals surface area contributed by atoms with Crippen LogP contribution in [0.25, 0.3) is 22.3 Å². The Balaban J connectivity index is 1.86. The average molecular weight is 316 g/mol. The molecular formula is C19H13FN4. The maximum Gasteiger partial charge on any atom is 0.161 e. The molecule has 0 spiro atoms. The van der Waals surface area contributed by atoms with Crippen LogP contribution < -0.4 is 5.32 Å². The molecule has 4 aromatic rings. The molecule has 0 saturated carbocycles. The lowest BCUT2D eigenvalue weighted by atomic mass is 10.1. The number of rotatable bonds is 3. The Morgan fingerprint density at radius 1 is 0.875 bits per heavy atom. The zero-order valence-corrected chi connectivity index (χ0v) is 12.6. The third-order valence-electron chi connectivity index (χ3n) is 3.68. The van der Waals surface area contributed by atoms with Crippen molar-refractivity contribution < 1.29 is 4.39 Å². The first-order valence-electron chi connectivity index (χ1n) is 7.48. The van der Waals surface area contributed by atoms with Gasteiger partial charge in [-0.3, -0.25) is 4.98 Å². The summed E-state index contributed by atoms with van der Waals surface area (Å²) in [5.41, 5.74) is 4.01. The van der Waals surface area contributed by atoms with Crippen molar-refractivity contribution in [3.05, 3.63) is 79.0 Å². The van der Waals surface area contributed by atoms with E-state index >= 15 is 0 Å². The van der Waals surface area contributed by atoms with Gasteiger partial charge in [-0.2, -0.15) is 0 Å². The second-order valence-corrected chi connectivity index (χ2v) is 5.30. The first kappa shape index (κ1) is 14.3. The summed E-state index contributed by atoms with van der Waals surface area (Å²) in [6.45, 7) is 0. The van der Waals surface area contributed by atoms with Crippen LogP contribution in [0, 0.1) is 5.82 Å². The molecule has 0 aliphatic carbocycles. The monoisotopic (exact) mass is 316 g/mol. The number of anilines is 2. The zero-order valence-electron chi connectivity index (χ0n) is 12.6. The number of aromatic nitrogens is 3. The highest BCUT2D eigenvalue weighted by molar-refractivity contribution is 5.93. The van der Waals surface area contributed by atoms with Gasteiger partial charge in [0.05, 0.1) is 11.4 Å². The van der Waals surface area contributed by atoms with Crippen LogP contribution in [0.2, 0.25) is 0 Å². The Labute approximate surface area is 138 Å². The van der Waals surface area contributed by atoms with Crippen molar-refractivity contribution in [1.29, 1.82) is 0 Å². The van der Waals surface area contributed by atoms with Crippen LogP contribution in [0.3, 0.4) is 0 Å². The van der Waals surface area contributed by atoms with E-state index in [-0.39, 0.29) is 5.82 Å². The molecule has 5 heteroatoms. The largest absolute Gasteiger partial charge is 0.355 e. The molecule has 0 unspecified atom stereocenters. The zero-order chi connectivity index (χ0) is 16.4. The second-order valence-electron chi connectivity index (χ2n) is 5.30. The smallest absolute Gasteiger partial charge is 0.161 e. The number of fused-ring (bicyclic) bond motifs is 1. The molecule has 0 aliphatic heterocycles. The topological polar surface area (TPSA) is 50.7 Å². The molecule has 0 amide bonds. The van der Waals surface area contributed by atoms with Crippen LogP contribution in [0.15, 0.2) is 73.2 Å². The van der Waals surface area contributed by atoms with Gasteiger partial charge in [-0.05, 0) is 54.6 Å². The third kappa shape index (κ3) is 2.79. The summed E-state index contributed by atoms with van der Waals surface area (Å²) < 4.78 is 13.2. The average Bonchev–Trinajstić information content (AvgIpc) is 2.63. The van der Waals surface area contributed by atoms with Gasteiger partial charge in [-0.15, -0.1) is 0 Å². The maximum atomic E-state index is 13.2. The number of benzene rings is 1. The van der Waals surface area contributed by atoms with Gasteiger partial charge in [0.25, 0.3) is 0 Å². The molecule has 0 saturated heterocycles. The first-order chi connectivity index (χ1) is 11.8. The molecule has 1 N–H and O–H groups in total. The number of pyridine rings is 3. The van der Waals surface area contributed by atoms with Gasteiger partial charge < -0.3 is 5.32 Å². The fourth-order valence-corrected chi connectivity index (χ4v) is 2.52. The van der Waals surface area contributed by atoms with Crippen LogP contribution in [0.5, 0.6) is 0 Å². The standard InChI is InChI=1S/C19H13FN4/c20-14-5-3-13(4-6-14)17-12-18(23-15-7-10-21-11-8-15)16-2-1-9-22-19(16)24-17/h1-12H,(H,21,22,23,24). The Morgan fingerprint density at radius 3 is 2.46 bits per heavy atom. The molecule has 0 fully saturated rings. The van der Waals surface area contributed by atoms with E-state index in [4.69, 9.17) is 0 Å². The molecule has 0 radical (unpaired) electrons. The summed E-state index contributed by atoms with van der Waals surface area (Å²) in [4.78, 5) is 13.0. The molecule has 0 aliphatic rings. The molecule has 0 bridgehead atoms. The van der Waals surface area contributed by atoms with E-state index in [0.29, 0.717) is 5.65 Å². The van der Waals surface area contributed by atoms with Crippen molar-refractivity contribution in [2.45, 2.75) is 0 Å². The van der Waals surface area contributed by atoms with Crippen LogP contribution in [0.4, 0.5) is 15.8 Å². The van der Waals surface area contributed by atoms with E-state index < -0.39 is 0 Å². The fraction of sp³-hybridized carbons (Fsp3) is 0. The van der Waals surface area contributed by atoms with E-state index in [2.05, 4.69) is 20.3 Å². The van der Waals surface area contributed by atoms with Gasteiger partial charge in [0, 0.05) is 35.2 Å². The summed E-state index contributed by atoms with van der Waals surface area (Å²) in [5.74, 6) is -0.271. The van der Waals surface area contributed by atoms with E-state index in [1.54, 1.807) is 30.7 Å². The number of hydrogen-bond donors (Lipinski definition) is 1. The number of hydrogen-bond acceptors (Lipinski definition) is 4. The Kier molecular flexibility index (Phi) is 3.59. The van der Waals surface area contributed by atoms with E-state index in [0.717, 1.165) is 28.0 Å². The summed E-state index contributed by atoms with van der Waals surface area (Å²) in [7, 11) is 0. The van der Waals surface area contributed by atoms with Crippen molar-refractivity contribution in [2.24, 2.45) is 0 Å². The van der Waals surface area contributed by atoms with Gasteiger partial charge >= 0.3 is 0 Å². The minimum atomic E-state index is -0.271. The fourth-order valence-electron chi connectivity index (χ4n) is 2.52. The molecule has 3 heterocycles. The highest BCUT2D eigenvalue weighted by atomic mass is 19.1. The quantitative estimate of drug-likeness (QED) is 0.601. The maximum absolute atomic E-state index is 13.2. The lowest BCUT2D eigenvalue weighted by Crippen LogP contribution is -1.96. The van der Waals surface area contributed by atoms with Gasteiger partial charge in [0.2, 0.25) is 0 Å². The van der Waals surface area contributed by atoms with Crippen LogP contribution in [0.1, 0.15) is 0 Å². The third-order valence-corrected chi connectivity index (χ3v) is 3.68. The lowest BCUT2D eigenvalue weighted by molar-refractivity contribution is 0.628. The molecule has 1 aromatic carbocycles. The van der Waals surface area contributed by atoms with E-state index in [1.807, 2.05) is 30.3 Å². The van der Waals surface area contributed by atoms with Crippen molar-refractivity contribution in [2.75, 3.05) is 5.32 Å². The number of nitrogens with one attached hydrogen (secondary N) is 1. The SMILES string of the molecule is Fc1ccc(-c2cc(Nc3ccncc3)c3cccnc3n2)cc1.